The average molecular weight is 350 g/mol. The van der Waals surface area contributed by atoms with Gasteiger partial charge in [-0.05, 0) is 48.4 Å². The maximum atomic E-state index is 13.7. The molecule has 1 heterocycles. The first-order valence-corrected chi connectivity index (χ1v) is 8.22. The molecular weight excluding hydrogens is 331 g/mol. The summed E-state index contributed by atoms with van der Waals surface area (Å²) in [4.78, 5) is 19.6. The number of aliphatic imine (C=N–C) groups is 1. The smallest absolute Gasteiger partial charge is 0.251 e. The van der Waals surface area contributed by atoms with Crippen LogP contribution < -0.4 is 11.1 Å². The number of primary amides is 1. The van der Waals surface area contributed by atoms with Crippen LogP contribution in [0.2, 0.25) is 0 Å². The Morgan fingerprint density at radius 3 is 2.92 bits per heavy atom. The van der Waals surface area contributed by atoms with Crippen LogP contribution in [0.25, 0.3) is 10.9 Å². The molecule has 1 amide bonds. The third-order valence-electron chi connectivity index (χ3n) is 4.11. The molecule has 0 radical (unpaired) electrons. The van der Waals surface area contributed by atoms with E-state index in [4.69, 9.17) is 5.73 Å². The van der Waals surface area contributed by atoms with Gasteiger partial charge in [0.15, 0.2) is 0 Å². The Balaban J connectivity index is 1.60. The fraction of sp³-hybridized carbons (Fsp3) is 0.150. The number of rotatable bonds is 6. The minimum Gasteiger partial charge on any atom is -0.366 e. The highest BCUT2D eigenvalue weighted by molar-refractivity contribution is 5.94. The summed E-state index contributed by atoms with van der Waals surface area (Å²) in [6.45, 7) is 2.43. The first-order chi connectivity index (χ1) is 12.5. The summed E-state index contributed by atoms with van der Waals surface area (Å²) >= 11 is 0. The molecule has 3 rings (SSSR count). The van der Waals surface area contributed by atoms with Gasteiger partial charge in [-0.3, -0.25) is 20.1 Å². The lowest BCUT2D eigenvalue weighted by Crippen LogP contribution is -2.18. The Morgan fingerprint density at radius 2 is 2.15 bits per heavy atom. The van der Waals surface area contributed by atoms with Gasteiger partial charge in [-0.15, -0.1) is 0 Å². The van der Waals surface area contributed by atoms with E-state index in [1.165, 1.54) is 12.1 Å². The van der Waals surface area contributed by atoms with E-state index < -0.39 is 11.7 Å². The van der Waals surface area contributed by atoms with Gasteiger partial charge in [0.25, 0.3) is 5.91 Å². The number of amides is 1. The summed E-state index contributed by atoms with van der Waals surface area (Å²) in [6.07, 6.45) is 3.33. The van der Waals surface area contributed by atoms with Crippen LogP contribution in [0.1, 0.15) is 34.5 Å². The number of carbonyl (C=O) groups is 1. The molecule has 5 nitrogen and oxygen atoms in total. The molecule has 6 heteroatoms. The lowest BCUT2D eigenvalue weighted by molar-refractivity contribution is 0.0996. The molecule has 3 N–H and O–H groups in total. The molecule has 1 atom stereocenters. The van der Waals surface area contributed by atoms with Gasteiger partial charge in [-0.1, -0.05) is 18.2 Å². The van der Waals surface area contributed by atoms with Crippen LogP contribution in [-0.4, -0.2) is 23.8 Å². The standard InChI is InChI=1S/C20H19FN4O/c1-13(15-5-7-19-16(10-15)3-2-8-24-19)25-12-23-11-14-4-6-17(20(22)26)18(21)9-14/h2-11,13,25H,12H2,1H3,(H2,22,26)/b23-11+. The topological polar surface area (TPSA) is 80.4 Å². The number of hydrogen-bond donors (Lipinski definition) is 2. The number of aromatic nitrogens is 1. The van der Waals surface area contributed by atoms with E-state index in [9.17, 15) is 9.18 Å². The Morgan fingerprint density at radius 1 is 1.31 bits per heavy atom. The third-order valence-corrected chi connectivity index (χ3v) is 4.11. The summed E-state index contributed by atoms with van der Waals surface area (Å²) in [5, 5.41) is 4.38. The second-order valence-electron chi connectivity index (χ2n) is 5.95. The molecule has 1 unspecified atom stereocenters. The maximum absolute atomic E-state index is 13.7. The van der Waals surface area contributed by atoms with Crippen LogP contribution >= 0.6 is 0 Å². The Kier molecular flexibility index (Phi) is 5.34. The second kappa shape index (κ2) is 7.84. The lowest BCUT2D eigenvalue weighted by atomic mass is 10.1. The molecule has 2 aromatic carbocycles. The highest BCUT2D eigenvalue weighted by Gasteiger charge is 2.08. The number of nitrogens with two attached hydrogens (primary N) is 1. The van der Waals surface area contributed by atoms with Crippen molar-refractivity contribution >= 4 is 23.0 Å². The highest BCUT2D eigenvalue weighted by atomic mass is 19.1. The molecule has 0 aliphatic carbocycles. The van der Waals surface area contributed by atoms with Gasteiger partial charge in [-0.2, -0.15) is 0 Å². The zero-order chi connectivity index (χ0) is 18.5. The zero-order valence-corrected chi connectivity index (χ0v) is 14.3. The van der Waals surface area contributed by atoms with Gasteiger partial charge >= 0.3 is 0 Å². The lowest BCUT2D eigenvalue weighted by Gasteiger charge is -2.13. The monoisotopic (exact) mass is 350 g/mol. The number of nitrogens with one attached hydrogen (secondary N) is 1. The van der Waals surface area contributed by atoms with Crippen molar-refractivity contribution < 1.29 is 9.18 Å². The molecule has 0 saturated carbocycles. The van der Waals surface area contributed by atoms with E-state index in [2.05, 4.69) is 21.4 Å². The van der Waals surface area contributed by atoms with Crippen molar-refractivity contribution in [3.63, 3.8) is 0 Å². The Hall–Kier alpha value is -3.12. The van der Waals surface area contributed by atoms with Crippen molar-refractivity contribution in [1.29, 1.82) is 0 Å². The van der Waals surface area contributed by atoms with E-state index in [1.54, 1.807) is 18.5 Å². The van der Waals surface area contributed by atoms with Crippen molar-refractivity contribution in [3.8, 4) is 0 Å². The summed E-state index contributed by atoms with van der Waals surface area (Å²) in [6, 6.07) is 14.4. The summed E-state index contributed by atoms with van der Waals surface area (Å²) in [5.74, 6) is -1.43. The SMILES string of the molecule is CC(NC/N=C/c1ccc(C(N)=O)c(F)c1)c1ccc2ncccc2c1. The molecule has 0 aliphatic rings. The van der Waals surface area contributed by atoms with Gasteiger partial charge in [0.05, 0.1) is 17.7 Å². The quantitative estimate of drug-likeness (QED) is 0.670. The first-order valence-electron chi connectivity index (χ1n) is 8.22. The third kappa shape index (κ3) is 4.10. The number of pyridine rings is 1. The number of halogens is 1. The molecule has 0 aliphatic heterocycles. The number of hydrogen-bond acceptors (Lipinski definition) is 4. The predicted octanol–water partition coefficient (Wildman–Crippen LogP) is 3.20. The molecule has 3 aromatic rings. The zero-order valence-electron chi connectivity index (χ0n) is 14.3. The summed E-state index contributed by atoms with van der Waals surface area (Å²) in [7, 11) is 0. The van der Waals surface area contributed by atoms with Gasteiger partial charge < -0.3 is 5.73 Å². The number of benzene rings is 2. The van der Waals surface area contributed by atoms with Gasteiger partial charge in [0.1, 0.15) is 5.82 Å². The molecule has 0 fully saturated rings. The van der Waals surface area contributed by atoms with Crippen molar-refractivity contribution in [3.05, 3.63) is 77.2 Å². The van der Waals surface area contributed by atoms with Crippen LogP contribution in [0, 0.1) is 5.82 Å². The Bertz CT molecular complexity index is 971. The number of carbonyl (C=O) groups excluding carboxylic acids is 1. The fourth-order valence-electron chi connectivity index (χ4n) is 2.63. The maximum Gasteiger partial charge on any atom is 0.251 e. The minimum atomic E-state index is -0.785. The van der Waals surface area contributed by atoms with E-state index in [-0.39, 0.29) is 11.6 Å². The average Bonchev–Trinajstić information content (AvgIpc) is 2.64. The normalized spacial score (nSPS) is 12.5. The van der Waals surface area contributed by atoms with Gasteiger partial charge in [-0.25, -0.2) is 4.39 Å². The van der Waals surface area contributed by atoms with Crippen LogP contribution in [-0.2, 0) is 0 Å². The van der Waals surface area contributed by atoms with Crippen LogP contribution in [0.3, 0.4) is 0 Å². The minimum absolute atomic E-state index is 0.103. The van der Waals surface area contributed by atoms with E-state index >= 15 is 0 Å². The van der Waals surface area contributed by atoms with E-state index in [0.29, 0.717) is 12.2 Å². The predicted molar refractivity (Wildman–Crippen MR) is 101 cm³/mol. The fourth-order valence-corrected chi connectivity index (χ4v) is 2.63. The largest absolute Gasteiger partial charge is 0.366 e. The molecule has 0 saturated heterocycles. The molecule has 0 spiro atoms. The van der Waals surface area contributed by atoms with Crippen LogP contribution in [0.5, 0.6) is 0 Å². The van der Waals surface area contributed by atoms with Crippen LogP contribution in [0.15, 0.2) is 59.7 Å². The number of nitrogens with zero attached hydrogens (tertiary/aromatic N) is 2. The van der Waals surface area contributed by atoms with Crippen LogP contribution in [0.4, 0.5) is 4.39 Å². The van der Waals surface area contributed by atoms with Crippen molar-refractivity contribution in [2.75, 3.05) is 6.67 Å². The van der Waals surface area contributed by atoms with E-state index in [1.807, 2.05) is 31.2 Å². The highest BCUT2D eigenvalue weighted by Crippen LogP contribution is 2.18. The molecule has 0 bridgehead atoms. The molecule has 1 aromatic heterocycles. The summed E-state index contributed by atoms with van der Waals surface area (Å²) < 4.78 is 13.7. The molecule has 26 heavy (non-hydrogen) atoms. The second-order valence-corrected chi connectivity index (χ2v) is 5.95. The first kappa shape index (κ1) is 17.7. The summed E-state index contributed by atoms with van der Waals surface area (Å²) in [5.41, 5.74) is 7.62. The van der Waals surface area contributed by atoms with Gasteiger partial charge in [0.2, 0.25) is 0 Å². The van der Waals surface area contributed by atoms with Gasteiger partial charge in [0, 0.05) is 23.8 Å². The van der Waals surface area contributed by atoms with Crippen molar-refractivity contribution in [2.45, 2.75) is 13.0 Å². The number of fused-ring (bicyclic) bond motifs is 1. The van der Waals surface area contributed by atoms with E-state index in [0.717, 1.165) is 16.5 Å². The van der Waals surface area contributed by atoms with Crippen molar-refractivity contribution in [2.24, 2.45) is 10.7 Å². The molecular formula is C20H19FN4O. The Labute approximate surface area is 150 Å². The van der Waals surface area contributed by atoms with Crippen molar-refractivity contribution in [1.82, 2.24) is 10.3 Å². The molecule has 132 valence electrons.